The van der Waals surface area contributed by atoms with Crippen LogP contribution in [0.3, 0.4) is 0 Å². The molecular weight excluding hydrogens is 425 g/mol. The van der Waals surface area contributed by atoms with Gasteiger partial charge in [-0.1, -0.05) is 67.6 Å². The molecule has 5 heteroatoms. The van der Waals surface area contributed by atoms with Gasteiger partial charge < -0.3 is 9.47 Å². The first kappa shape index (κ1) is 23.3. The zero-order valence-electron chi connectivity index (χ0n) is 18.8. The molecule has 0 unspecified atom stereocenters. The lowest BCUT2D eigenvalue weighted by atomic mass is 9.97. The molecule has 0 spiro atoms. The first-order valence-electron chi connectivity index (χ1n) is 11.2. The number of rotatable bonds is 6. The zero-order chi connectivity index (χ0) is 23.4. The number of benzene rings is 3. The highest BCUT2D eigenvalue weighted by Crippen LogP contribution is 2.32. The van der Waals surface area contributed by atoms with Gasteiger partial charge in [0.05, 0.1) is 13.2 Å². The third kappa shape index (κ3) is 5.21. The lowest BCUT2D eigenvalue weighted by molar-refractivity contribution is -0.202. The van der Waals surface area contributed by atoms with Crippen LogP contribution in [0.1, 0.15) is 37.7 Å². The molecule has 0 amide bonds. The Kier molecular flexibility index (Phi) is 7.31. The summed E-state index contributed by atoms with van der Waals surface area (Å²) < 4.78 is 55.4. The third-order valence-electron chi connectivity index (χ3n) is 5.81. The molecule has 1 aliphatic heterocycles. The van der Waals surface area contributed by atoms with Gasteiger partial charge >= 0.3 is 0 Å². The van der Waals surface area contributed by atoms with Gasteiger partial charge in [-0.05, 0) is 42.5 Å². The monoisotopic (exact) mass is 452 g/mol. The fraction of sp³-hybridized carbons (Fsp3) is 0.286. The topological polar surface area (TPSA) is 18.5 Å². The molecule has 0 atom stereocenters. The number of hydrogen-bond donors (Lipinski definition) is 0. The Morgan fingerprint density at radius 1 is 0.848 bits per heavy atom. The fourth-order valence-corrected chi connectivity index (χ4v) is 3.94. The number of halogens is 3. The predicted molar refractivity (Wildman–Crippen MR) is 124 cm³/mol. The Labute approximate surface area is 192 Å². The second kappa shape index (κ2) is 10.4. The van der Waals surface area contributed by atoms with Gasteiger partial charge in [0.1, 0.15) is 5.82 Å². The van der Waals surface area contributed by atoms with Gasteiger partial charge in [0.15, 0.2) is 17.9 Å². The molecule has 0 bridgehead atoms. The van der Waals surface area contributed by atoms with Gasteiger partial charge in [0.2, 0.25) is 0 Å². The Morgan fingerprint density at radius 2 is 1.48 bits per heavy atom. The van der Waals surface area contributed by atoms with Gasteiger partial charge in [0.25, 0.3) is 0 Å². The van der Waals surface area contributed by atoms with E-state index < -0.39 is 23.7 Å². The van der Waals surface area contributed by atoms with Crippen molar-refractivity contribution in [2.24, 2.45) is 5.92 Å². The first-order chi connectivity index (χ1) is 16.0. The average molecular weight is 453 g/mol. The van der Waals surface area contributed by atoms with Crippen molar-refractivity contribution >= 4 is 0 Å². The fourth-order valence-electron chi connectivity index (χ4n) is 3.94. The molecule has 1 fully saturated rings. The summed E-state index contributed by atoms with van der Waals surface area (Å²) in [5.41, 5.74) is 2.77. The zero-order valence-corrected chi connectivity index (χ0v) is 18.8. The molecule has 1 heterocycles. The molecule has 2 nitrogen and oxygen atoms in total. The van der Waals surface area contributed by atoms with Crippen LogP contribution in [0.5, 0.6) is 0 Å². The third-order valence-corrected chi connectivity index (χ3v) is 5.81. The Morgan fingerprint density at radius 3 is 2.12 bits per heavy atom. The summed E-state index contributed by atoms with van der Waals surface area (Å²) >= 11 is 0. The number of aryl methyl sites for hydroxylation is 1. The summed E-state index contributed by atoms with van der Waals surface area (Å²) in [5.74, 6) is -1.76. The summed E-state index contributed by atoms with van der Waals surface area (Å²) in [6.45, 7) is 5.07. The molecule has 0 aliphatic carbocycles. The molecule has 4 rings (SSSR count). The van der Waals surface area contributed by atoms with E-state index >= 15 is 0 Å². The average Bonchev–Trinajstić information content (AvgIpc) is 2.83. The predicted octanol–water partition coefficient (Wildman–Crippen LogP) is 7.63. The second-order valence-electron chi connectivity index (χ2n) is 8.43. The maximum Gasteiger partial charge on any atom is 0.183 e. The van der Waals surface area contributed by atoms with E-state index in [4.69, 9.17) is 9.47 Å². The molecule has 3 aromatic rings. The number of hydrogen-bond acceptors (Lipinski definition) is 2. The Balaban J connectivity index is 1.53. The largest absolute Gasteiger partial charge is 0.348 e. The molecule has 0 saturated carbocycles. The van der Waals surface area contributed by atoms with Crippen LogP contribution in [0, 0.1) is 23.4 Å². The summed E-state index contributed by atoms with van der Waals surface area (Å²) in [6, 6.07) is 14.9. The Hall–Kier alpha value is -2.89. The maximum absolute atomic E-state index is 14.9. The summed E-state index contributed by atoms with van der Waals surface area (Å²) in [4.78, 5) is 0. The molecule has 172 valence electrons. The number of allylic oxidation sites excluding steroid dienone is 2. The highest BCUT2D eigenvalue weighted by molar-refractivity contribution is 5.71. The van der Waals surface area contributed by atoms with Crippen molar-refractivity contribution in [3.05, 3.63) is 95.3 Å². The molecule has 0 N–H and O–H groups in total. The molecule has 1 saturated heterocycles. The van der Waals surface area contributed by atoms with E-state index in [1.165, 1.54) is 6.07 Å². The molecular formula is C28H27F3O2. The van der Waals surface area contributed by atoms with Crippen LogP contribution < -0.4 is 0 Å². The van der Waals surface area contributed by atoms with Crippen LogP contribution >= 0.6 is 0 Å². The Bertz CT molecular complexity index is 1130. The number of ether oxygens (including phenoxy) is 2. The van der Waals surface area contributed by atoms with Gasteiger partial charge in [-0.15, -0.1) is 0 Å². The minimum absolute atomic E-state index is 0.186. The van der Waals surface area contributed by atoms with Crippen LogP contribution in [0.4, 0.5) is 13.2 Å². The van der Waals surface area contributed by atoms with Gasteiger partial charge in [-0.25, -0.2) is 13.2 Å². The van der Waals surface area contributed by atoms with Crippen molar-refractivity contribution in [2.45, 2.75) is 33.0 Å². The minimum atomic E-state index is -0.863. The van der Waals surface area contributed by atoms with E-state index in [-0.39, 0.29) is 5.56 Å². The van der Waals surface area contributed by atoms with E-state index in [9.17, 15) is 13.2 Å². The van der Waals surface area contributed by atoms with E-state index in [0.29, 0.717) is 59.8 Å². The van der Waals surface area contributed by atoms with Crippen molar-refractivity contribution in [1.82, 2.24) is 0 Å². The summed E-state index contributed by atoms with van der Waals surface area (Å²) in [7, 11) is 0. The van der Waals surface area contributed by atoms with Crippen LogP contribution in [0.2, 0.25) is 0 Å². The van der Waals surface area contributed by atoms with Gasteiger partial charge in [0, 0.05) is 22.6 Å². The van der Waals surface area contributed by atoms with Crippen molar-refractivity contribution < 1.29 is 22.6 Å². The lowest BCUT2D eigenvalue weighted by Gasteiger charge is -2.27. The molecule has 33 heavy (non-hydrogen) atoms. The van der Waals surface area contributed by atoms with Crippen molar-refractivity contribution in [3.63, 3.8) is 0 Å². The minimum Gasteiger partial charge on any atom is -0.348 e. The van der Waals surface area contributed by atoms with Crippen molar-refractivity contribution in [3.8, 4) is 22.3 Å². The normalized spacial score (nSPS) is 18.7. The van der Waals surface area contributed by atoms with Gasteiger partial charge in [-0.2, -0.15) is 0 Å². The SMILES string of the molecule is C/C=C/CCc1ccc(-c2ccc(-c3ccc(C4OCC(C)CO4)cc3F)cc2)c(F)c1F. The lowest BCUT2D eigenvalue weighted by Crippen LogP contribution is -2.25. The van der Waals surface area contributed by atoms with Crippen molar-refractivity contribution in [1.29, 1.82) is 0 Å². The highest BCUT2D eigenvalue weighted by atomic mass is 19.2. The van der Waals surface area contributed by atoms with Crippen LogP contribution in [0.15, 0.2) is 66.7 Å². The van der Waals surface area contributed by atoms with Crippen LogP contribution in [-0.4, -0.2) is 13.2 Å². The van der Waals surface area contributed by atoms with Crippen molar-refractivity contribution in [2.75, 3.05) is 13.2 Å². The first-order valence-corrected chi connectivity index (χ1v) is 11.2. The smallest absolute Gasteiger partial charge is 0.183 e. The highest BCUT2D eigenvalue weighted by Gasteiger charge is 2.22. The molecule has 0 radical (unpaired) electrons. The molecule has 3 aromatic carbocycles. The van der Waals surface area contributed by atoms with Crippen LogP contribution in [0.25, 0.3) is 22.3 Å². The van der Waals surface area contributed by atoms with E-state index in [0.717, 1.165) is 0 Å². The standard InChI is InChI=1S/C28H27F3O2/c1-3-4-5-6-21-11-14-24(27(31)26(21)30)20-9-7-19(8-10-20)23-13-12-22(15-25(23)29)28-32-16-18(2)17-33-28/h3-4,7-15,18,28H,5-6,16-17H2,1-2H3/b4-3+. The summed E-state index contributed by atoms with van der Waals surface area (Å²) in [5, 5.41) is 0. The van der Waals surface area contributed by atoms with E-state index in [1.54, 1.807) is 48.5 Å². The van der Waals surface area contributed by atoms with E-state index in [2.05, 4.69) is 0 Å². The quantitative estimate of drug-likeness (QED) is 0.358. The second-order valence-corrected chi connectivity index (χ2v) is 8.43. The summed E-state index contributed by atoms with van der Waals surface area (Å²) in [6.07, 6.45) is 4.34. The molecule has 1 aliphatic rings. The van der Waals surface area contributed by atoms with Gasteiger partial charge in [-0.3, -0.25) is 0 Å². The van der Waals surface area contributed by atoms with E-state index in [1.807, 2.05) is 26.0 Å². The molecule has 0 aromatic heterocycles. The maximum atomic E-state index is 14.9. The van der Waals surface area contributed by atoms with Crippen LogP contribution in [-0.2, 0) is 15.9 Å².